The van der Waals surface area contributed by atoms with Gasteiger partial charge in [0.15, 0.2) is 5.82 Å². The minimum atomic E-state index is -1.04. The van der Waals surface area contributed by atoms with Crippen molar-refractivity contribution in [2.24, 2.45) is 0 Å². The van der Waals surface area contributed by atoms with Crippen LogP contribution in [0, 0.1) is 0 Å². The van der Waals surface area contributed by atoms with E-state index in [-0.39, 0.29) is 11.4 Å². The molecule has 0 unspecified atom stereocenters. The molecule has 2 rings (SSSR count). The van der Waals surface area contributed by atoms with E-state index in [2.05, 4.69) is 15.5 Å². The molecule has 0 aliphatic rings. The first-order valence-electron chi connectivity index (χ1n) is 5.62. The second-order valence-electron chi connectivity index (χ2n) is 3.80. The van der Waals surface area contributed by atoms with Gasteiger partial charge in [-0.25, -0.2) is 4.79 Å². The average molecular weight is 259 g/mol. The van der Waals surface area contributed by atoms with E-state index in [1.54, 1.807) is 7.11 Å². The molecule has 0 atom stereocenters. The third kappa shape index (κ3) is 3.19. The molecule has 6 heteroatoms. The minimum absolute atomic E-state index is 0.0953. The summed E-state index contributed by atoms with van der Waals surface area (Å²) in [4.78, 5) is 11.0. The van der Waals surface area contributed by atoms with Crippen molar-refractivity contribution in [3.8, 4) is 5.75 Å². The predicted octanol–water partition coefficient (Wildman–Crippen LogP) is 1.80. The molecule has 0 bridgehead atoms. The van der Waals surface area contributed by atoms with Crippen LogP contribution in [-0.2, 0) is 6.54 Å². The van der Waals surface area contributed by atoms with Gasteiger partial charge in [0.1, 0.15) is 11.3 Å². The van der Waals surface area contributed by atoms with Crippen molar-refractivity contribution in [2.45, 2.75) is 6.54 Å². The summed E-state index contributed by atoms with van der Waals surface area (Å²) in [6.45, 7) is 0.441. The maximum atomic E-state index is 11.0. The van der Waals surface area contributed by atoms with E-state index in [0.29, 0.717) is 6.54 Å². The molecular weight excluding hydrogens is 246 g/mol. The zero-order valence-corrected chi connectivity index (χ0v) is 10.3. The summed E-state index contributed by atoms with van der Waals surface area (Å²) in [6.07, 6.45) is 1.35. The van der Waals surface area contributed by atoms with E-state index in [9.17, 15) is 4.79 Å². The van der Waals surface area contributed by atoms with Gasteiger partial charge in [-0.15, -0.1) is 5.10 Å². The molecule has 0 saturated carbocycles. The van der Waals surface area contributed by atoms with Gasteiger partial charge in [0.2, 0.25) is 0 Å². The average Bonchev–Trinajstić information content (AvgIpc) is 2.45. The molecule has 2 N–H and O–H groups in total. The Kier molecular flexibility index (Phi) is 3.92. The molecule has 0 fully saturated rings. The highest BCUT2D eigenvalue weighted by Gasteiger charge is 2.10. The molecule has 1 aromatic heterocycles. The second kappa shape index (κ2) is 5.81. The SMILES string of the molecule is COc1cccc(CNc2nnccc2C(=O)O)c1. The van der Waals surface area contributed by atoms with Crippen LogP contribution in [0.15, 0.2) is 36.5 Å². The first-order chi connectivity index (χ1) is 9.20. The quantitative estimate of drug-likeness (QED) is 0.851. The van der Waals surface area contributed by atoms with Crippen LogP contribution in [0.5, 0.6) is 5.75 Å². The van der Waals surface area contributed by atoms with Gasteiger partial charge in [-0.3, -0.25) is 0 Å². The predicted molar refractivity (Wildman–Crippen MR) is 69.3 cm³/mol. The summed E-state index contributed by atoms with van der Waals surface area (Å²) < 4.78 is 5.12. The highest BCUT2D eigenvalue weighted by atomic mass is 16.5. The van der Waals surface area contributed by atoms with Gasteiger partial charge >= 0.3 is 5.97 Å². The number of hydrogen-bond acceptors (Lipinski definition) is 5. The monoisotopic (exact) mass is 259 g/mol. The molecule has 0 saturated heterocycles. The Bertz CT molecular complexity index is 587. The van der Waals surface area contributed by atoms with Crippen molar-refractivity contribution >= 4 is 11.8 Å². The highest BCUT2D eigenvalue weighted by Crippen LogP contribution is 2.15. The number of hydrogen-bond donors (Lipinski definition) is 2. The lowest BCUT2D eigenvalue weighted by molar-refractivity contribution is 0.0697. The number of nitrogens with one attached hydrogen (secondary N) is 1. The number of carbonyl (C=O) groups is 1. The molecule has 0 aliphatic carbocycles. The smallest absolute Gasteiger partial charge is 0.339 e. The molecule has 98 valence electrons. The van der Waals surface area contributed by atoms with Crippen LogP contribution in [0.1, 0.15) is 15.9 Å². The summed E-state index contributed by atoms with van der Waals surface area (Å²) in [5.74, 6) is -0.0437. The number of ether oxygens (including phenoxy) is 1. The van der Waals surface area contributed by atoms with Crippen LogP contribution < -0.4 is 10.1 Å². The summed E-state index contributed by atoms with van der Waals surface area (Å²) in [5, 5.41) is 19.4. The van der Waals surface area contributed by atoms with Crippen molar-refractivity contribution in [3.05, 3.63) is 47.7 Å². The molecule has 19 heavy (non-hydrogen) atoms. The standard InChI is InChI=1S/C13H13N3O3/c1-19-10-4-2-3-9(7-10)8-14-12-11(13(17)18)5-6-15-16-12/h2-7H,8H2,1H3,(H,14,16)(H,17,18). The van der Waals surface area contributed by atoms with Crippen molar-refractivity contribution < 1.29 is 14.6 Å². The Morgan fingerprint density at radius 1 is 1.42 bits per heavy atom. The van der Waals surface area contributed by atoms with Crippen LogP contribution >= 0.6 is 0 Å². The Balaban J connectivity index is 2.12. The van der Waals surface area contributed by atoms with Gasteiger partial charge in [0, 0.05) is 6.54 Å². The van der Waals surface area contributed by atoms with Crippen molar-refractivity contribution in [1.82, 2.24) is 10.2 Å². The Morgan fingerprint density at radius 2 is 2.26 bits per heavy atom. The van der Waals surface area contributed by atoms with E-state index in [4.69, 9.17) is 9.84 Å². The van der Waals surface area contributed by atoms with E-state index in [1.807, 2.05) is 24.3 Å². The number of carboxylic acids is 1. The number of nitrogens with zero attached hydrogens (tertiary/aromatic N) is 2. The van der Waals surface area contributed by atoms with Crippen LogP contribution in [0.2, 0.25) is 0 Å². The van der Waals surface area contributed by atoms with Crippen LogP contribution in [0.25, 0.3) is 0 Å². The third-order valence-corrected chi connectivity index (χ3v) is 2.55. The molecule has 1 aromatic carbocycles. The van der Waals surface area contributed by atoms with Gasteiger partial charge in [0.25, 0.3) is 0 Å². The van der Waals surface area contributed by atoms with E-state index < -0.39 is 5.97 Å². The Morgan fingerprint density at radius 3 is 3.00 bits per heavy atom. The first kappa shape index (κ1) is 12.8. The van der Waals surface area contributed by atoms with Gasteiger partial charge in [-0.2, -0.15) is 5.10 Å². The maximum absolute atomic E-state index is 11.0. The number of aromatic carboxylic acids is 1. The zero-order chi connectivity index (χ0) is 13.7. The lowest BCUT2D eigenvalue weighted by Gasteiger charge is -2.08. The minimum Gasteiger partial charge on any atom is -0.497 e. The van der Waals surface area contributed by atoms with Crippen molar-refractivity contribution in [1.29, 1.82) is 0 Å². The number of methoxy groups -OCH3 is 1. The summed E-state index contributed by atoms with van der Waals surface area (Å²) in [7, 11) is 1.59. The molecular formula is C13H13N3O3. The van der Waals surface area contributed by atoms with Crippen LogP contribution in [-0.4, -0.2) is 28.4 Å². The Labute approximate surface area is 110 Å². The molecule has 2 aromatic rings. The molecule has 0 radical (unpaired) electrons. The van der Waals surface area contributed by atoms with Crippen LogP contribution in [0.3, 0.4) is 0 Å². The molecule has 0 spiro atoms. The molecule has 6 nitrogen and oxygen atoms in total. The largest absolute Gasteiger partial charge is 0.497 e. The van der Waals surface area contributed by atoms with Crippen LogP contribution in [0.4, 0.5) is 5.82 Å². The number of anilines is 1. The van der Waals surface area contributed by atoms with Gasteiger partial charge in [-0.05, 0) is 23.8 Å². The zero-order valence-electron chi connectivity index (χ0n) is 10.3. The fraction of sp³-hybridized carbons (Fsp3) is 0.154. The van der Waals surface area contributed by atoms with Gasteiger partial charge in [-0.1, -0.05) is 12.1 Å². The Hall–Kier alpha value is -2.63. The van der Waals surface area contributed by atoms with E-state index >= 15 is 0 Å². The molecule has 0 aliphatic heterocycles. The fourth-order valence-corrected chi connectivity index (χ4v) is 1.60. The summed E-state index contributed by atoms with van der Waals surface area (Å²) >= 11 is 0. The normalized spacial score (nSPS) is 9.95. The number of benzene rings is 1. The summed E-state index contributed by atoms with van der Waals surface area (Å²) in [6, 6.07) is 8.89. The van der Waals surface area contributed by atoms with E-state index in [1.165, 1.54) is 12.3 Å². The van der Waals surface area contributed by atoms with Crippen molar-refractivity contribution in [2.75, 3.05) is 12.4 Å². The van der Waals surface area contributed by atoms with Crippen molar-refractivity contribution in [3.63, 3.8) is 0 Å². The number of aromatic nitrogens is 2. The number of carboxylic acid groups (broad SMARTS) is 1. The molecule has 1 heterocycles. The van der Waals surface area contributed by atoms with Gasteiger partial charge in [0.05, 0.1) is 13.3 Å². The third-order valence-electron chi connectivity index (χ3n) is 2.55. The topological polar surface area (TPSA) is 84.3 Å². The van der Waals surface area contributed by atoms with Gasteiger partial charge < -0.3 is 15.2 Å². The highest BCUT2D eigenvalue weighted by molar-refractivity contribution is 5.92. The number of rotatable bonds is 5. The maximum Gasteiger partial charge on any atom is 0.339 e. The first-order valence-corrected chi connectivity index (χ1v) is 5.62. The summed E-state index contributed by atoms with van der Waals surface area (Å²) in [5.41, 5.74) is 1.05. The van der Waals surface area contributed by atoms with E-state index in [0.717, 1.165) is 11.3 Å². The molecule has 0 amide bonds. The fourth-order valence-electron chi connectivity index (χ4n) is 1.60. The second-order valence-corrected chi connectivity index (χ2v) is 3.80. The lowest BCUT2D eigenvalue weighted by atomic mass is 10.2. The lowest BCUT2D eigenvalue weighted by Crippen LogP contribution is -2.09.